The maximum Gasteiger partial charge on any atom is 0.254 e. The molecule has 0 fully saturated rings. The van der Waals surface area contributed by atoms with Gasteiger partial charge >= 0.3 is 0 Å². The van der Waals surface area contributed by atoms with Crippen LogP contribution in [-0.4, -0.2) is 51.7 Å². The molecule has 37 heavy (non-hydrogen) atoms. The van der Waals surface area contributed by atoms with Crippen LogP contribution in [0.2, 0.25) is 0 Å². The minimum absolute atomic E-state index is 0.117. The SMILES string of the molecule is COc1ccc(OC)c(CNC(=O)C2c3cc(OC)c(OC)cc3C(=O)N3CCc4ccccc4C23)c1. The van der Waals surface area contributed by atoms with Crippen LogP contribution >= 0.6 is 0 Å². The molecule has 2 aliphatic rings. The molecule has 2 aliphatic heterocycles. The molecule has 0 spiro atoms. The van der Waals surface area contributed by atoms with Gasteiger partial charge in [0.25, 0.3) is 5.91 Å². The zero-order valence-corrected chi connectivity index (χ0v) is 21.4. The second kappa shape index (κ2) is 10.0. The third kappa shape index (κ3) is 4.22. The van der Waals surface area contributed by atoms with E-state index in [1.54, 1.807) is 33.5 Å². The molecule has 0 bridgehead atoms. The number of ether oxygens (including phenoxy) is 4. The van der Waals surface area contributed by atoms with E-state index in [0.717, 1.165) is 23.1 Å². The lowest BCUT2D eigenvalue weighted by Gasteiger charge is -2.45. The summed E-state index contributed by atoms with van der Waals surface area (Å²) in [5, 5.41) is 3.10. The predicted octanol–water partition coefficient (Wildman–Crippen LogP) is 3.87. The van der Waals surface area contributed by atoms with Gasteiger partial charge in [-0.25, -0.2) is 0 Å². The molecule has 0 saturated heterocycles. The van der Waals surface area contributed by atoms with Crippen LogP contribution < -0.4 is 24.3 Å². The van der Waals surface area contributed by atoms with Crippen LogP contribution in [0.3, 0.4) is 0 Å². The fourth-order valence-corrected chi connectivity index (χ4v) is 5.44. The first-order valence-corrected chi connectivity index (χ1v) is 12.1. The second-order valence-corrected chi connectivity index (χ2v) is 9.06. The molecule has 192 valence electrons. The Morgan fingerprint density at radius 1 is 0.892 bits per heavy atom. The lowest BCUT2D eigenvalue weighted by atomic mass is 9.75. The van der Waals surface area contributed by atoms with Gasteiger partial charge in [-0.3, -0.25) is 9.59 Å². The van der Waals surface area contributed by atoms with Crippen molar-refractivity contribution >= 4 is 11.8 Å². The van der Waals surface area contributed by atoms with Gasteiger partial charge in [0.2, 0.25) is 5.91 Å². The van der Waals surface area contributed by atoms with Gasteiger partial charge in [-0.15, -0.1) is 0 Å². The maximum absolute atomic E-state index is 14.0. The molecule has 2 heterocycles. The number of hydrogen-bond acceptors (Lipinski definition) is 6. The zero-order valence-electron chi connectivity index (χ0n) is 21.4. The number of hydrogen-bond donors (Lipinski definition) is 1. The zero-order chi connectivity index (χ0) is 26.1. The second-order valence-electron chi connectivity index (χ2n) is 9.06. The van der Waals surface area contributed by atoms with Crippen molar-refractivity contribution in [3.8, 4) is 23.0 Å². The number of rotatable bonds is 7. The smallest absolute Gasteiger partial charge is 0.254 e. The molecular formula is C29H30N2O6. The van der Waals surface area contributed by atoms with Gasteiger partial charge < -0.3 is 29.2 Å². The van der Waals surface area contributed by atoms with Crippen molar-refractivity contribution in [1.29, 1.82) is 0 Å². The Balaban J connectivity index is 1.59. The van der Waals surface area contributed by atoms with E-state index in [-0.39, 0.29) is 18.4 Å². The monoisotopic (exact) mass is 502 g/mol. The summed E-state index contributed by atoms with van der Waals surface area (Å²) in [5.74, 6) is 1.28. The summed E-state index contributed by atoms with van der Waals surface area (Å²) in [4.78, 5) is 29.5. The van der Waals surface area contributed by atoms with E-state index in [4.69, 9.17) is 18.9 Å². The number of carbonyl (C=O) groups excluding carboxylic acids is 2. The van der Waals surface area contributed by atoms with Crippen LogP contribution in [0.15, 0.2) is 54.6 Å². The minimum atomic E-state index is -0.648. The Labute approximate surface area is 216 Å². The molecule has 2 atom stereocenters. The van der Waals surface area contributed by atoms with Crippen LogP contribution in [0.5, 0.6) is 23.0 Å². The van der Waals surface area contributed by atoms with Crippen molar-refractivity contribution in [1.82, 2.24) is 10.2 Å². The first-order valence-electron chi connectivity index (χ1n) is 12.1. The molecule has 0 radical (unpaired) electrons. The van der Waals surface area contributed by atoms with Crippen molar-refractivity contribution in [3.05, 3.63) is 82.4 Å². The van der Waals surface area contributed by atoms with Crippen molar-refractivity contribution in [2.75, 3.05) is 35.0 Å². The van der Waals surface area contributed by atoms with Crippen LogP contribution in [0.25, 0.3) is 0 Å². The summed E-state index contributed by atoms with van der Waals surface area (Å²) in [5.41, 5.74) is 3.99. The van der Waals surface area contributed by atoms with Crippen LogP contribution in [-0.2, 0) is 17.8 Å². The largest absolute Gasteiger partial charge is 0.497 e. The standard InChI is InChI=1S/C29H30N2O6/c1-34-19-9-10-23(35-2)18(13-19)16-30-28(32)26-21-14-24(36-3)25(37-4)15-22(21)29(33)31-12-11-17-7-5-6-8-20(17)27(26)31/h5-10,13-15,26-27H,11-12,16H2,1-4H3,(H,30,32). The van der Waals surface area contributed by atoms with Crippen molar-refractivity contribution in [3.63, 3.8) is 0 Å². The van der Waals surface area contributed by atoms with Crippen molar-refractivity contribution in [2.45, 2.75) is 24.9 Å². The van der Waals surface area contributed by atoms with E-state index in [1.807, 2.05) is 41.3 Å². The average Bonchev–Trinajstić information content (AvgIpc) is 2.95. The van der Waals surface area contributed by atoms with Crippen molar-refractivity contribution < 1.29 is 28.5 Å². The highest BCUT2D eigenvalue weighted by atomic mass is 16.5. The number of nitrogens with one attached hydrogen (secondary N) is 1. The van der Waals surface area contributed by atoms with Crippen molar-refractivity contribution in [2.24, 2.45) is 0 Å². The Morgan fingerprint density at radius 2 is 1.62 bits per heavy atom. The van der Waals surface area contributed by atoms with Crippen LogP contribution in [0.1, 0.15) is 44.6 Å². The lowest BCUT2D eigenvalue weighted by molar-refractivity contribution is -0.124. The van der Waals surface area contributed by atoms with E-state index in [2.05, 4.69) is 11.4 Å². The van der Waals surface area contributed by atoms with Gasteiger partial charge in [0.05, 0.1) is 40.4 Å². The van der Waals surface area contributed by atoms with Gasteiger partial charge in [-0.1, -0.05) is 24.3 Å². The third-order valence-electron chi connectivity index (χ3n) is 7.25. The highest BCUT2D eigenvalue weighted by Gasteiger charge is 2.46. The first-order chi connectivity index (χ1) is 18.0. The normalized spacial score (nSPS) is 17.7. The van der Waals surface area contributed by atoms with E-state index in [9.17, 15) is 9.59 Å². The Hall–Kier alpha value is -4.20. The van der Waals surface area contributed by atoms with E-state index in [1.165, 1.54) is 7.11 Å². The molecule has 2 amide bonds. The summed E-state index contributed by atoms with van der Waals surface area (Å²) in [7, 11) is 6.26. The number of benzene rings is 3. The van der Waals surface area contributed by atoms with Crippen LogP contribution in [0.4, 0.5) is 0 Å². The predicted molar refractivity (Wildman–Crippen MR) is 138 cm³/mol. The molecule has 3 aromatic carbocycles. The quantitative estimate of drug-likeness (QED) is 0.528. The Bertz CT molecular complexity index is 1350. The summed E-state index contributed by atoms with van der Waals surface area (Å²) >= 11 is 0. The molecule has 8 heteroatoms. The first kappa shape index (κ1) is 24.5. The third-order valence-corrected chi connectivity index (χ3v) is 7.25. The maximum atomic E-state index is 14.0. The van der Waals surface area contributed by atoms with E-state index < -0.39 is 12.0 Å². The van der Waals surface area contributed by atoms with E-state index in [0.29, 0.717) is 40.7 Å². The molecule has 2 unspecified atom stereocenters. The molecular weight excluding hydrogens is 472 g/mol. The topological polar surface area (TPSA) is 86.3 Å². The highest BCUT2D eigenvalue weighted by Crippen LogP contribution is 2.48. The van der Waals surface area contributed by atoms with Gasteiger partial charge in [-0.05, 0) is 53.4 Å². The number of nitrogens with zero attached hydrogens (tertiary/aromatic N) is 1. The number of amides is 2. The summed E-state index contributed by atoms with van der Waals surface area (Å²) in [6.45, 7) is 0.766. The molecule has 1 N–H and O–H groups in total. The fraction of sp³-hybridized carbons (Fsp3) is 0.310. The summed E-state index contributed by atoms with van der Waals surface area (Å²) < 4.78 is 21.9. The highest BCUT2D eigenvalue weighted by molar-refractivity contribution is 6.02. The van der Waals surface area contributed by atoms with Gasteiger partial charge in [0, 0.05) is 24.2 Å². The number of fused-ring (bicyclic) bond motifs is 4. The molecule has 8 nitrogen and oxygen atoms in total. The van der Waals surface area contributed by atoms with Gasteiger partial charge in [0.1, 0.15) is 11.5 Å². The summed E-state index contributed by atoms with van der Waals surface area (Å²) in [6, 6.07) is 16.5. The summed E-state index contributed by atoms with van der Waals surface area (Å²) in [6.07, 6.45) is 0.733. The molecule has 0 aliphatic carbocycles. The molecule has 0 aromatic heterocycles. The Kier molecular flexibility index (Phi) is 6.65. The lowest BCUT2D eigenvalue weighted by Crippen LogP contribution is -2.50. The van der Waals surface area contributed by atoms with Gasteiger partial charge in [-0.2, -0.15) is 0 Å². The van der Waals surface area contributed by atoms with Crippen LogP contribution in [0, 0.1) is 0 Å². The fourth-order valence-electron chi connectivity index (χ4n) is 5.44. The number of methoxy groups -OCH3 is 4. The number of carbonyl (C=O) groups is 2. The Morgan fingerprint density at radius 3 is 2.35 bits per heavy atom. The molecule has 5 rings (SSSR count). The van der Waals surface area contributed by atoms with E-state index >= 15 is 0 Å². The van der Waals surface area contributed by atoms with Gasteiger partial charge in [0.15, 0.2) is 11.5 Å². The average molecular weight is 503 g/mol. The molecule has 0 saturated carbocycles. The molecule has 3 aromatic rings. The minimum Gasteiger partial charge on any atom is -0.497 e.